The van der Waals surface area contributed by atoms with Gasteiger partial charge in [-0.2, -0.15) is 8.78 Å². The summed E-state index contributed by atoms with van der Waals surface area (Å²) in [4.78, 5) is 4.03. The summed E-state index contributed by atoms with van der Waals surface area (Å²) < 4.78 is 46.4. The van der Waals surface area contributed by atoms with Gasteiger partial charge < -0.3 is 31.9 Å². The van der Waals surface area contributed by atoms with E-state index in [0.29, 0.717) is 16.8 Å². The zero-order valence-corrected chi connectivity index (χ0v) is 16.5. The number of ether oxygens (including phenoxy) is 1. The molecule has 162 valence electrons. The number of benzene rings is 1. The normalized spacial score (nSPS) is 20.0. The van der Waals surface area contributed by atoms with Crippen molar-refractivity contribution in [3.05, 3.63) is 64.6 Å². The Kier molecular flexibility index (Phi) is 6.58. The van der Waals surface area contributed by atoms with Crippen LogP contribution in [0, 0.1) is 16.6 Å². The van der Waals surface area contributed by atoms with Gasteiger partial charge in [-0.1, -0.05) is 0 Å². The highest BCUT2D eigenvalue weighted by molar-refractivity contribution is 5.91. The average molecular weight is 430 g/mol. The van der Waals surface area contributed by atoms with Crippen molar-refractivity contribution in [3.63, 3.8) is 0 Å². The van der Waals surface area contributed by atoms with Crippen LogP contribution in [0.2, 0.25) is 0 Å². The second kappa shape index (κ2) is 9.33. The van der Waals surface area contributed by atoms with E-state index in [0.717, 1.165) is 12.4 Å². The Morgan fingerprint density at radius 2 is 2.10 bits per heavy atom. The Morgan fingerprint density at radius 3 is 2.77 bits per heavy atom. The minimum Gasteiger partial charge on any atom is -0.482 e. The Balaban J connectivity index is 2.26. The highest BCUT2D eigenvalue weighted by Gasteiger charge is 2.21. The lowest BCUT2D eigenvalue weighted by Gasteiger charge is -2.24. The molecule has 7 nitrogen and oxygen atoms in total. The topological polar surface area (TPSA) is 120 Å². The van der Waals surface area contributed by atoms with Crippen molar-refractivity contribution in [2.24, 2.45) is 0 Å². The average Bonchev–Trinajstić information content (AvgIpc) is 2.73. The molecule has 2 bridgehead atoms. The van der Waals surface area contributed by atoms with Crippen LogP contribution < -0.4 is 21.1 Å². The number of hydrogen-bond acceptors (Lipinski definition) is 7. The molecule has 10 heteroatoms. The first-order valence-electron chi connectivity index (χ1n) is 9.29. The number of nitrogens with zero attached hydrogens (tertiary/aromatic N) is 1. The van der Waals surface area contributed by atoms with Gasteiger partial charge in [-0.05, 0) is 37.3 Å². The first kappa shape index (κ1) is 21.9. The molecule has 0 spiro atoms. The third kappa shape index (κ3) is 4.85. The van der Waals surface area contributed by atoms with Gasteiger partial charge in [0, 0.05) is 53.1 Å². The highest BCUT2D eigenvalue weighted by atomic mass is 19.3. The van der Waals surface area contributed by atoms with E-state index < -0.39 is 18.5 Å². The molecule has 2 aromatic rings. The molecule has 0 radical (unpaired) electrons. The molecule has 31 heavy (non-hydrogen) atoms. The van der Waals surface area contributed by atoms with E-state index in [-0.39, 0.29) is 34.9 Å². The standard InChI is InChI=1S/C21H21F3N6O/c1-11-16-7-14(22)2-3-15(16)17(4-5-25)28-10-13(8-26)19(30-21(23)24)12-6-18(31-11)20(27)29-9-12/h2-9,11,21,25-26,28,30H,10H2,1H3,(H2,27,29)/b17-4-,19-13+,25-5?,26-8?/t11-/m1/s1. The summed E-state index contributed by atoms with van der Waals surface area (Å²) in [6.07, 6.45) is 4.05. The number of alkyl halides is 2. The molecule has 0 fully saturated rings. The number of halogens is 3. The molecule has 3 rings (SSSR count). The number of hydrogen-bond donors (Lipinski definition) is 5. The predicted molar refractivity (Wildman–Crippen MR) is 114 cm³/mol. The maximum atomic E-state index is 14.0. The minimum absolute atomic E-state index is 0.0170. The lowest BCUT2D eigenvalue weighted by atomic mass is 9.99. The van der Waals surface area contributed by atoms with Gasteiger partial charge in [-0.15, -0.1) is 0 Å². The van der Waals surface area contributed by atoms with Gasteiger partial charge in [-0.25, -0.2) is 9.37 Å². The number of rotatable bonds is 4. The third-order valence-corrected chi connectivity index (χ3v) is 4.68. The van der Waals surface area contributed by atoms with Crippen LogP contribution in [0.15, 0.2) is 42.1 Å². The second-order valence-corrected chi connectivity index (χ2v) is 6.69. The zero-order valence-electron chi connectivity index (χ0n) is 16.5. The summed E-state index contributed by atoms with van der Waals surface area (Å²) in [7, 11) is 0. The monoisotopic (exact) mass is 430 g/mol. The van der Waals surface area contributed by atoms with E-state index in [1.807, 2.05) is 0 Å². The maximum Gasteiger partial charge on any atom is 0.312 e. The van der Waals surface area contributed by atoms with Crippen molar-refractivity contribution in [1.82, 2.24) is 15.6 Å². The molecule has 1 aliphatic rings. The van der Waals surface area contributed by atoms with Gasteiger partial charge in [0.05, 0.1) is 5.70 Å². The van der Waals surface area contributed by atoms with Crippen molar-refractivity contribution in [2.75, 3.05) is 12.3 Å². The summed E-state index contributed by atoms with van der Waals surface area (Å²) in [5.74, 6) is -0.310. The number of nitrogens with two attached hydrogens (primary N) is 1. The van der Waals surface area contributed by atoms with Crippen molar-refractivity contribution >= 4 is 29.6 Å². The van der Waals surface area contributed by atoms with Gasteiger partial charge in [0.15, 0.2) is 11.6 Å². The third-order valence-electron chi connectivity index (χ3n) is 4.68. The van der Waals surface area contributed by atoms with E-state index in [9.17, 15) is 13.2 Å². The minimum atomic E-state index is -2.89. The maximum absolute atomic E-state index is 14.0. The highest BCUT2D eigenvalue weighted by Crippen LogP contribution is 2.33. The van der Waals surface area contributed by atoms with Crippen molar-refractivity contribution in [3.8, 4) is 5.75 Å². The van der Waals surface area contributed by atoms with Crippen LogP contribution in [-0.2, 0) is 0 Å². The molecule has 1 aliphatic heterocycles. The number of pyridine rings is 1. The molecule has 1 aromatic carbocycles. The van der Waals surface area contributed by atoms with E-state index in [1.54, 1.807) is 6.92 Å². The Labute approximate surface area is 176 Å². The summed E-state index contributed by atoms with van der Waals surface area (Å²) in [5, 5.41) is 20.3. The SMILES string of the molecule is C[C@H]1Oc2cc(cnc2N)/C(NC(F)F)=C(/C=N)CN/C(=C\C=N)c2ccc(F)cc21. The largest absolute Gasteiger partial charge is 0.482 e. The van der Waals surface area contributed by atoms with Crippen molar-refractivity contribution < 1.29 is 17.9 Å². The zero-order chi connectivity index (χ0) is 22.5. The van der Waals surface area contributed by atoms with Crippen molar-refractivity contribution in [1.29, 1.82) is 10.8 Å². The quantitative estimate of drug-likeness (QED) is 0.374. The van der Waals surface area contributed by atoms with Crippen LogP contribution in [0.25, 0.3) is 11.4 Å². The van der Waals surface area contributed by atoms with Gasteiger partial charge in [-0.3, -0.25) is 0 Å². The molecule has 0 saturated heterocycles. The van der Waals surface area contributed by atoms with Crippen LogP contribution >= 0.6 is 0 Å². The van der Waals surface area contributed by atoms with E-state index in [2.05, 4.69) is 15.6 Å². The fourth-order valence-corrected chi connectivity index (χ4v) is 3.26. The van der Waals surface area contributed by atoms with Crippen LogP contribution in [0.5, 0.6) is 5.75 Å². The lowest BCUT2D eigenvalue weighted by Crippen LogP contribution is -2.26. The Morgan fingerprint density at radius 1 is 1.32 bits per heavy atom. The summed E-state index contributed by atoms with van der Waals surface area (Å²) in [6.45, 7) is -1.22. The number of allylic oxidation sites excluding steroid dienone is 1. The summed E-state index contributed by atoms with van der Waals surface area (Å²) in [6, 6.07) is 5.56. The van der Waals surface area contributed by atoms with Gasteiger partial charge in [0.2, 0.25) is 0 Å². The number of aromatic nitrogens is 1. The molecule has 0 unspecified atom stereocenters. The molecule has 1 atom stereocenters. The van der Waals surface area contributed by atoms with E-state index >= 15 is 0 Å². The molecule has 0 saturated carbocycles. The second-order valence-electron chi connectivity index (χ2n) is 6.69. The van der Waals surface area contributed by atoms with Crippen LogP contribution in [-0.4, -0.2) is 30.5 Å². The van der Waals surface area contributed by atoms with E-state index in [1.165, 1.54) is 36.5 Å². The van der Waals surface area contributed by atoms with Crippen LogP contribution in [0.3, 0.4) is 0 Å². The fraction of sp³-hybridized carbons (Fsp3) is 0.190. The van der Waals surface area contributed by atoms with Crippen LogP contribution in [0.4, 0.5) is 19.0 Å². The van der Waals surface area contributed by atoms with Crippen LogP contribution in [0.1, 0.15) is 29.7 Å². The fourth-order valence-electron chi connectivity index (χ4n) is 3.26. The Hall–Kier alpha value is -3.82. The summed E-state index contributed by atoms with van der Waals surface area (Å²) in [5.41, 5.74) is 7.82. The Bertz CT molecular complexity index is 1070. The molecule has 0 amide bonds. The molecule has 2 heterocycles. The first-order valence-corrected chi connectivity index (χ1v) is 9.29. The molecule has 1 aromatic heterocycles. The van der Waals surface area contributed by atoms with E-state index in [4.69, 9.17) is 21.3 Å². The smallest absolute Gasteiger partial charge is 0.312 e. The molecular weight excluding hydrogens is 409 g/mol. The van der Waals surface area contributed by atoms with Crippen molar-refractivity contribution in [2.45, 2.75) is 19.6 Å². The number of anilines is 1. The first-order chi connectivity index (χ1) is 14.8. The lowest BCUT2D eigenvalue weighted by molar-refractivity contribution is 0.128. The predicted octanol–water partition coefficient (Wildman–Crippen LogP) is 3.71. The number of nitrogen functional groups attached to an aromatic ring is 1. The number of fused-ring (bicyclic) bond motifs is 3. The van der Waals surface area contributed by atoms with Gasteiger partial charge in [0.1, 0.15) is 11.9 Å². The molecule has 6 N–H and O–H groups in total. The van der Waals surface area contributed by atoms with Gasteiger partial charge in [0.25, 0.3) is 0 Å². The summed E-state index contributed by atoms with van der Waals surface area (Å²) >= 11 is 0. The molecular formula is C21H21F3N6O. The number of nitrogens with one attached hydrogen (secondary N) is 4. The molecule has 0 aliphatic carbocycles. The van der Waals surface area contributed by atoms with Gasteiger partial charge >= 0.3 is 6.55 Å².